The average Bonchev–Trinajstić information content (AvgIpc) is 2.78. The molecule has 0 unspecified atom stereocenters. The number of hydrogen-bond donors (Lipinski definition) is 2. The highest BCUT2D eigenvalue weighted by atomic mass is 35.5. The first-order valence-electron chi connectivity index (χ1n) is 9.35. The Balaban J connectivity index is 1.51. The summed E-state index contributed by atoms with van der Waals surface area (Å²) in [5.74, 6) is -10.5. The van der Waals surface area contributed by atoms with E-state index in [9.17, 15) is 26.7 Å². The predicted molar refractivity (Wildman–Crippen MR) is 110 cm³/mol. The fourth-order valence-electron chi connectivity index (χ4n) is 3.52. The molecule has 1 saturated heterocycles. The van der Waals surface area contributed by atoms with Crippen molar-refractivity contribution in [3.05, 3.63) is 58.4 Å². The highest BCUT2D eigenvalue weighted by molar-refractivity contribution is 6.31. The molecule has 4 rings (SSSR count). The lowest BCUT2D eigenvalue weighted by atomic mass is 10.1. The van der Waals surface area contributed by atoms with Crippen molar-refractivity contribution < 1.29 is 26.7 Å². The minimum Gasteiger partial charge on any atom is -0.384 e. The number of rotatable bonds is 2. The van der Waals surface area contributed by atoms with Gasteiger partial charge in [-0.15, -0.1) is 0 Å². The van der Waals surface area contributed by atoms with Crippen molar-refractivity contribution in [2.45, 2.75) is 0 Å². The van der Waals surface area contributed by atoms with E-state index in [0.717, 1.165) is 11.1 Å². The first kappa shape index (κ1) is 21.9. The molecule has 2 aromatic carbocycles. The van der Waals surface area contributed by atoms with Crippen LogP contribution in [0.3, 0.4) is 0 Å². The Morgan fingerprint density at radius 1 is 0.938 bits per heavy atom. The van der Waals surface area contributed by atoms with Gasteiger partial charge < -0.3 is 20.9 Å². The molecule has 32 heavy (non-hydrogen) atoms. The lowest BCUT2D eigenvalue weighted by Crippen LogP contribution is -2.50. The summed E-state index contributed by atoms with van der Waals surface area (Å²) in [6.45, 7) is 0.897. The van der Waals surface area contributed by atoms with Crippen molar-refractivity contribution in [3.8, 4) is 0 Å². The second kappa shape index (κ2) is 8.30. The van der Waals surface area contributed by atoms with E-state index in [4.69, 9.17) is 17.3 Å². The largest absolute Gasteiger partial charge is 0.384 e. The third-order valence-electron chi connectivity index (χ3n) is 5.12. The van der Waals surface area contributed by atoms with Crippen molar-refractivity contribution in [2.75, 3.05) is 42.1 Å². The van der Waals surface area contributed by atoms with Gasteiger partial charge in [0, 0.05) is 48.3 Å². The number of anilines is 3. The number of pyridine rings is 1. The molecule has 0 bridgehead atoms. The van der Waals surface area contributed by atoms with Gasteiger partial charge in [-0.25, -0.2) is 31.7 Å². The topological polar surface area (TPSA) is 74.5 Å². The Morgan fingerprint density at radius 3 is 2.16 bits per heavy atom. The van der Waals surface area contributed by atoms with E-state index in [0.29, 0.717) is 23.6 Å². The standard InChI is InChI=1S/C20H15ClF5N5O/c21-9-1-2-10-11(7-9)28-13(27)8-12(10)30-3-5-31(6-4-30)20(32)29-19-17(25)15(23)14(22)16(24)18(19)26/h1-2,7-8H,3-6H2,(H2,27,28)(H,29,32). The number of fused-ring (bicyclic) bond motifs is 1. The average molecular weight is 472 g/mol. The van der Waals surface area contributed by atoms with Crippen molar-refractivity contribution >= 4 is 45.7 Å². The number of urea groups is 1. The fraction of sp³-hybridized carbons (Fsp3) is 0.200. The summed E-state index contributed by atoms with van der Waals surface area (Å²) >= 11 is 6.01. The summed E-state index contributed by atoms with van der Waals surface area (Å²) in [7, 11) is 0. The summed E-state index contributed by atoms with van der Waals surface area (Å²) in [4.78, 5) is 19.8. The van der Waals surface area contributed by atoms with E-state index >= 15 is 0 Å². The first-order valence-corrected chi connectivity index (χ1v) is 9.73. The number of carbonyl (C=O) groups excluding carboxylic acids is 1. The number of piperazine rings is 1. The molecule has 168 valence electrons. The summed E-state index contributed by atoms with van der Waals surface area (Å²) in [5, 5.41) is 3.07. The van der Waals surface area contributed by atoms with Crippen LogP contribution in [0.4, 0.5) is 43.9 Å². The van der Waals surface area contributed by atoms with Gasteiger partial charge in [0.2, 0.25) is 5.82 Å². The van der Waals surface area contributed by atoms with Crippen LogP contribution in [0.1, 0.15) is 0 Å². The molecule has 1 aliphatic rings. The van der Waals surface area contributed by atoms with Gasteiger partial charge in [0.1, 0.15) is 11.5 Å². The lowest BCUT2D eigenvalue weighted by Gasteiger charge is -2.36. The molecule has 0 spiro atoms. The Kier molecular flexibility index (Phi) is 5.68. The molecule has 2 amide bonds. The van der Waals surface area contributed by atoms with E-state index in [2.05, 4.69) is 4.98 Å². The van der Waals surface area contributed by atoms with Crippen molar-refractivity contribution in [2.24, 2.45) is 0 Å². The Morgan fingerprint density at radius 2 is 1.53 bits per heavy atom. The van der Waals surface area contributed by atoms with Crippen molar-refractivity contribution in [1.82, 2.24) is 9.88 Å². The van der Waals surface area contributed by atoms with Gasteiger partial charge in [-0.3, -0.25) is 0 Å². The van der Waals surface area contributed by atoms with Crippen LogP contribution in [0, 0.1) is 29.1 Å². The van der Waals surface area contributed by atoms with Gasteiger partial charge in [-0.2, -0.15) is 0 Å². The van der Waals surface area contributed by atoms with Gasteiger partial charge >= 0.3 is 6.03 Å². The molecule has 0 atom stereocenters. The molecule has 0 saturated carbocycles. The molecule has 1 fully saturated rings. The van der Waals surface area contributed by atoms with Crippen LogP contribution in [0.25, 0.3) is 10.9 Å². The number of hydrogen-bond acceptors (Lipinski definition) is 4. The van der Waals surface area contributed by atoms with Gasteiger partial charge in [0.15, 0.2) is 23.3 Å². The van der Waals surface area contributed by atoms with Crippen LogP contribution < -0.4 is 16.0 Å². The molecule has 3 aromatic rings. The molecule has 3 N–H and O–H groups in total. The fourth-order valence-corrected chi connectivity index (χ4v) is 3.68. The normalized spacial score (nSPS) is 14.2. The van der Waals surface area contributed by atoms with E-state index in [-0.39, 0.29) is 18.9 Å². The molecule has 1 aromatic heterocycles. The SMILES string of the molecule is Nc1cc(N2CCN(C(=O)Nc3c(F)c(F)c(F)c(F)c3F)CC2)c2ccc(Cl)cc2n1. The summed E-state index contributed by atoms with van der Waals surface area (Å²) < 4.78 is 67.6. The van der Waals surface area contributed by atoms with E-state index in [1.54, 1.807) is 29.6 Å². The third kappa shape index (κ3) is 3.83. The lowest BCUT2D eigenvalue weighted by molar-refractivity contribution is 0.208. The molecule has 12 heteroatoms. The molecule has 0 radical (unpaired) electrons. The summed E-state index contributed by atoms with van der Waals surface area (Å²) in [6, 6.07) is 5.87. The number of aromatic nitrogens is 1. The van der Waals surface area contributed by atoms with Crippen LogP contribution in [0.5, 0.6) is 0 Å². The van der Waals surface area contributed by atoms with Gasteiger partial charge in [0.25, 0.3) is 0 Å². The number of nitrogens with one attached hydrogen (secondary N) is 1. The molecule has 2 heterocycles. The molecular formula is C20H15ClF5N5O. The maximum absolute atomic E-state index is 13.8. The second-order valence-corrected chi connectivity index (χ2v) is 7.51. The Hall–Kier alpha value is -3.34. The summed E-state index contributed by atoms with van der Waals surface area (Å²) in [5.41, 5.74) is 5.87. The minimum atomic E-state index is -2.29. The molecule has 6 nitrogen and oxygen atoms in total. The highest BCUT2D eigenvalue weighted by Gasteiger charge is 2.29. The Labute approximate surface area is 183 Å². The zero-order valence-corrected chi connectivity index (χ0v) is 17.0. The third-order valence-corrected chi connectivity index (χ3v) is 5.35. The maximum atomic E-state index is 13.8. The highest BCUT2D eigenvalue weighted by Crippen LogP contribution is 2.31. The predicted octanol–water partition coefficient (Wildman–Crippen LogP) is 4.52. The van der Waals surface area contributed by atoms with Crippen LogP contribution in [0.2, 0.25) is 5.02 Å². The quantitative estimate of drug-likeness (QED) is 0.327. The van der Waals surface area contributed by atoms with Crippen LogP contribution in [-0.2, 0) is 0 Å². The monoisotopic (exact) mass is 471 g/mol. The van der Waals surface area contributed by atoms with E-state index in [1.165, 1.54) is 4.90 Å². The van der Waals surface area contributed by atoms with Gasteiger partial charge in [-0.05, 0) is 18.2 Å². The minimum absolute atomic E-state index is 0.124. The van der Waals surface area contributed by atoms with Crippen LogP contribution in [-0.4, -0.2) is 42.1 Å². The second-order valence-electron chi connectivity index (χ2n) is 7.08. The summed E-state index contributed by atoms with van der Waals surface area (Å²) in [6.07, 6.45) is 0. The number of benzene rings is 2. The van der Waals surface area contributed by atoms with Gasteiger partial charge in [0.05, 0.1) is 5.52 Å². The number of halogens is 6. The first-order chi connectivity index (χ1) is 15.2. The number of nitrogens with zero attached hydrogens (tertiary/aromatic N) is 3. The number of nitrogens with two attached hydrogens (primary N) is 1. The van der Waals surface area contributed by atoms with E-state index in [1.807, 2.05) is 4.90 Å². The zero-order valence-electron chi connectivity index (χ0n) is 16.2. The van der Waals surface area contributed by atoms with Crippen molar-refractivity contribution in [1.29, 1.82) is 0 Å². The smallest absolute Gasteiger partial charge is 0.322 e. The number of amides is 2. The van der Waals surface area contributed by atoms with Gasteiger partial charge in [-0.1, -0.05) is 11.6 Å². The maximum Gasteiger partial charge on any atom is 0.322 e. The molecular weight excluding hydrogens is 457 g/mol. The number of carbonyl (C=O) groups is 1. The number of nitrogen functional groups attached to an aromatic ring is 1. The Bertz CT molecular complexity index is 1200. The van der Waals surface area contributed by atoms with E-state index < -0.39 is 40.8 Å². The zero-order chi connectivity index (χ0) is 23.2. The van der Waals surface area contributed by atoms with Crippen LogP contribution in [0.15, 0.2) is 24.3 Å². The molecule has 0 aliphatic carbocycles. The van der Waals surface area contributed by atoms with Crippen molar-refractivity contribution in [3.63, 3.8) is 0 Å². The van der Waals surface area contributed by atoms with Crippen LogP contribution >= 0.6 is 11.6 Å². The molecule has 1 aliphatic heterocycles.